The van der Waals surface area contributed by atoms with Crippen molar-refractivity contribution in [3.05, 3.63) is 27.4 Å². The van der Waals surface area contributed by atoms with E-state index in [4.69, 9.17) is 10.5 Å². The predicted octanol–water partition coefficient (Wildman–Crippen LogP) is 1.79. The van der Waals surface area contributed by atoms with Crippen LogP contribution < -0.4 is 5.73 Å². The fourth-order valence-corrected chi connectivity index (χ4v) is 5.37. The van der Waals surface area contributed by atoms with Crippen LogP contribution in [0.25, 0.3) is 0 Å². The summed E-state index contributed by atoms with van der Waals surface area (Å²) in [4.78, 5) is 1.06. The van der Waals surface area contributed by atoms with Gasteiger partial charge in [-0.05, 0) is 22.0 Å². The number of rotatable bonds is 8. The Balaban J connectivity index is 3.10. The highest BCUT2D eigenvalue weighted by molar-refractivity contribution is 9.11. The molecule has 0 aliphatic heterocycles. The maximum absolute atomic E-state index is 12.5. The molecule has 0 amide bonds. The van der Waals surface area contributed by atoms with E-state index in [1.165, 1.54) is 22.8 Å². The molecule has 0 fully saturated rings. The number of halogens is 1. The number of hydrogen-bond acceptors (Lipinski definition) is 5. The first kappa shape index (κ1) is 16.8. The van der Waals surface area contributed by atoms with Crippen LogP contribution in [0.15, 0.2) is 27.4 Å². The molecular weight excluding hydrogens is 352 g/mol. The third kappa shape index (κ3) is 4.11. The van der Waals surface area contributed by atoms with Crippen molar-refractivity contribution in [2.24, 2.45) is 5.73 Å². The Bertz CT molecular complexity index is 528. The van der Waals surface area contributed by atoms with Crippen molar-refractivity contribution in [3.8, 4) is 0 Å². The maximum Gasteiger partial charge on any atom is 0.245 e. The van der Waals surface area contributed by atoms with Crippen LogP contribution in [-0.4, -0.2) is 39.5 Å². The summed E-state index contributed by atoms with van der Waals surface area (Å²) in [6, 6.07) is 1.60. The average molecular weight is 369 g/mol. The Morgan fingerprint density at radius 1 is 1.63 bits per heavy atom. The molecule has 0 aliphatic rings. The second-order valence-corrected chi connectivity index (χ2v) is 8.06. The molecule has 0 spiro atoms. The van der Waals surface area contributed by atoms with Gasteiger partial charge in [0.15, 0.2) is 0 Å². The zero-order valence-corrected chi connectivity index (χ0v) is 13.9. The summed E-state index contributed by atoms with van der Waals surface area (Å²) in [5.41, 5.74) is 5.54. The van der Waals surface area contributed by atoms with Crippen LogP contribution in [0.5, 0.6) is 0 Å². The van der Waals surface area contributed by atoms with Gasteiger partial charge in [-0.3, -0.25) is 0 Å². The van der Waals surface area contributed by atoms with Crippen LogP contribution in [0, 0.1) is 0 Å². The summed E-state index contributed by atoms with van der Waals surface area (Å²) in [6.07, 6.45) is 1.55. The van der Waals surface area contributed by atoms with E-state index >= 15 is 0 Å². The average Bonchev–Trinajstić information content (AvgIpc) is 2.76. The molecule has 0 saturated heterocycles. The Morgan fingerprint density at radius 3 is 2.79 bits per heavy atom. The first-order chi connectivity index (χ1) is 8.97. The molecule has 1 aromatic rings. The van der Waals surface area contributed by atoms with E-state index in [2.05, 4.69) is 22.5 Å². The van der Waals surface area contributed by atoms with Gasteiger partial charge >= 0.3 is 0 Å². The van der Waals surface area contributed by atoms with Gasteiger partial charge in [-0.25, -0.2) is 8.42 Å². The SMILES string of the molecule is C=CCN(CCOC)S(=O)(=O)c1cc(CN)sc1Br. The second kappa shape index (κ2) is 7.51. The molecular formula is C11H17BrN2O3S2. The minimum Gasteiger partial charge on any atom is -0.383 e. The van der Waals surface area contributed by atoms with E-state index in [9.17, 15) is 8.42 Å². The summed E-state index contributed by atoms with van der Waals surface area (Å²) in [5.74, 6) is 0. The van der Waals surface area contributed by atoms with Crippen molar-refractivity contribution in [1.82, 2.24) is 4.31 Å². The first-order valence-electron chi connectivity index (χ1n) is 5.55. The van der Waals surface area contributed by atoms with Gasteiger partial charge in [-0.15, -0.1) is 17.9 Å². The zero-order valence-electron chi connectivity index (χ0n) is 10.6. The lowest BCUT2D eigenvalue weighted by Crippen LogP contribution is -2.34. The Morgan fingerprint density at radius 2 is 2.32 bits per heavy atom. The first-order valence-corrected chi connectivity index (χ1v) is 8.60. The number of nitrogens with zero attached hydrogens (tertiary/aromatic N) is 1. The molecule has 1 aromatic heterocycles. The summed E-state index contributed by atoms with van der Waals surface area (Å²) in [6.45, 7) is 4.76. The quantitative estimate of drug-likeness (QED) is 0.710. The molecule has 5 nitrogen and oxygen atoms in total. The number of hydrogen-bond donors (Lipinski definition) is 1. The fourth-order valence-electron chi connectivity index (χ4n) is 1.46. The van der Waals surface area contributed by atoms with Gasteiger partial charge in [0, 0.05) is 31.6 Å². The lowest BCUT2D eigenvalue weighted by Gasteiger charge is -2.19. The van der Waals surface area contributed by atoms with Crippen LogP contribution >= 0.6 is 27.3 Å². The van der Waals surface area contributed by atoms with Crippen LogP contribution in [-0.2, 0) is 21.3 Å². The number of methoxy groups -OCH3 is 1. The van der Waals surface area contributed by atoms with E-state index in [1.54, 1.807) is 12.1 Å². The van der Waals surface area contributed by atoms with Gasteiger partial charge in [0.25, 0.3) is 0 Å². The number of nitrogens with two attached hydrogens (primary N) is 1. The maximum atomic E-state index is 12.5. The molecule has 1 heterocycles. The number of thiophene rings is 1. The van der Waals surface area contributed by atoms with Gasteiger partial charge in [0.2, 0.25) is 10.0 Å². The van der Waals surface area contributed by atoms with Crippen LogP contribution in [0.1, 0.15) is 4.88 Å². The lowest BCUT2D eigenvalue weighted by atomic mass is 10.5. The topological polar surface area (TPSA) is 72.6 Å². The van der Waals surface area contributed by atoms with Gasteiger partial charge in [0.1, 0.15) is 4.90 Å². The van der Waals surface area contributed by atoms with Crippen molar-refractivity contribution >= 4 is 37.3 Å². The minimum atomic E-state index is -3.57. The number of ether oxygens (including phenoxy) is 1. The summed E-state index contributed by atoms with van der Waals surface area (Å²) in [5, 5.41) is 0. The standard InChI is InChI=1S/C11H17BrN2O3S2/c1-3-4-14(5-6-17-2)19(15,16)10-7-9(8-13)18-11(10)12/h3,7H,1,4-6,8,13H2,2H3. The van der Waals surface area contributed by atoms with Gasteiger partial charge in [-0.1, -0.05) is 6.08 Å². The van der Waals surface area contributed by atoms with E-state index in [1.807, 2.05) is 0 Å². The predicted molar refractivity (Wildman–Crippen MR) is 80.7 cm³/mol. The van der Waals surface area contributed by atoms with Crippen LogP contribution in [0.2, 0.25) is 0 Å². The van der Waals surface area contributed by atoms with Crippen molar-refractivity contribution in [2.75, 3.05) is 26.8 Å². The normalized spacial score (nSPS) is 12.0. The highest BCUT2D eigenvalue weighted by Gasteiger charge is 2.27. The molecule has 0 aliphatic carbocycles. The summed E-state index contributed by atoms with van der Waals surface area (Å²) >= 11 is 4.61. The van der Waals surface area contributed by atoms with E-state index < -0.39 is 10.0 Å². The molecule has 8 heteroatoms. The smallest absolute Gasteiger partial charge is 0.245 e. The second-order valence-electron chi connectivity index (χ2n) is 3.70. The molecule has 0 atom stereocenters. The van der Waals surface area contributed by atoms with Crippen molar-refractivity contribution in [2.45, 2.75) is 11.4 Å². The zero-order chi connectivity index (χ0) is 14.5. The molecule has 0 unspecified atom stereocenters. The third-order valence-electron chi connectivity index (χ3n) is 2.40. The molecule has 0 aromatic carbocycles. The monoisotopic (exact) mass is 368 g/mol. The highest BCUT2D eigenvalue weighted by atomic mass is 79.9. The van der Waals surface area contributed by atoms with E-state index in [-0.39, 0.29) is 18.0 Å². The Kier molecular flexibility index (Phi) is 6.64. The van der Waals surface area contributed by atoms with E-state index in [0.29, 0.717) is 16.9 Å². The molecule has 19 heavy (non-hydrogen) atoms. The van der Waals surface area contributed by atoms with Crippen molar-refractivity contribution in [1.29, 1.82) is 0 Å². The molecule has 0 radical (unpaired) electrons. The minimum absolute atomic E-state index is 0.242. The molecule has 1 rings (SSSR count). The van der Waals surface area contributed by atoms with Crippen molar-refractivity contribution < 1.29 is 13.2 Å². The molecule has 0 bridgehead atoms. The van der Waals surface area contributed by atoms with E-state index in [0.717, 1.165) is 4.88 Å². The fraction of sp³-hybridized carbons (Fsp3) is 0.455. The third-order valence-corrected chi connectivity index (χ3v) is 6.54. The lowest BCUT2D eigenvalue weighted by molar-refractivity contribution is 0.182. The number of sulfonamides is 1. The largest absolute Gasteiger partial charge is 0.383 e. The van der Waals surface area contributed by atoms with Crippen molar-refractivity contribution in [3.63, 3.8) is 0 Å². The highest BCUT2D eigenvalue weighted by Crippen LogP contribution is 2.33. The molecule has 0 saturated carbocycles. The molecule has 108 valence electrons. The van der Waals surface area contributed by atoms with Gasteiger partial charge < -0.3 is 10.5 Å². The van der Waals surface area contributed by atoms with Crippen LogP contribution in [0.3, 0.4) is 0 Å². The Labute approximate surface area is 126 Å². The summed E-state index contributed by atoms with van der Waals surface area (Å²) in [7, 11) is -2.03. The van der Waals surface area contributed by atoms with Gasteiger partial charge in [0.05, 0.1) is 10.4 Å². The summed E-state index contributed by atoms with van der Waals surface area (Å²) < 4.78 is 31.9. The van der Waals surface area contributed by atoms with Crippen LogP contribution in [0.4, 0.5) is 0 Å². The Hall–Kier alpha value is -0.250. The molecule has 2 N–H and O–H groups in total. The van der Waals surface area contributed by atoms with Gasteiger partial charge in [-0.2, -0.15) is 4.31 Å².